The Morgan fingerprint density at radius 2 is 1.18 bits per heavy atom. The smallest absolute Gasteiger partial charge is 0.262 e. The van der Waals surface area contributed by atoms with Crippen molar-refractivity contribution in [2.24, 2.45) is 0 Å². The quantitative estimate of drug-likeness (QED) is 0.104. The van der Waals surface area contributed by atoms with Gasteiger partial charge in [0.25, 0.3) is 7.82 Å². The number of likely N-dealkylation sites (N-methyl/N-ethyl adjacent to an activating group) is 1. The third-order valence-corrected chi connectivity index (χ3v) is 6.10. The Morgan fingerprint density at radius 1 is 0.824 bits per heavy atom. The third kappa shape index (κ3) is 33.7. The van der Waals surface area contributed by atoms with Crippen LogP contribution in [0.25, 0.3) is 0 Å². The molecule has 0 aliphatic heterocycles. The first-order valence-corrected chi connectivity index (χ1v) is 15.0. The zero-order valence-electron chi connectivity index (χ0n) is 22.5. The molecule has 9 heteroatoms. The molecule has 34 heavy (non-hydrogen) atoms. The van der Waals surface area contributed by atoms with Crippen LogP contribution in [0.4, 0.5) is 0 Å². The van der Waals surface area contributed by atoms with Crippen LogP contribution in [0.2, 0.25) is 0 Å². The van der Waals surface area contributed by atoms with E-state index >= 15 is 0 Å². The number of hydrogen-bond acceptors (Lipinski definition) is 4. The summed E-state index contributed by atoms with van der Waals surface area (Å²) in [6.07, 6.45) is 20.2. The molecule has 0 spiro atoms. The van der Waals surface area contributed by atoms with Crippen LogP contribution in [0.1, 0.15) is 117 Å². The number of amides is 1. The monoisotopic (exact) mass is 510 g/mol. The first-order chi connectivity index (χ1) is 15.9. The Morgan fingerprint density at radius 3 is 1.53 bits per heavy atom. The van der Waals surface area contributed by atoms with Crippen molar-refractivity contribution in [3.63, 3.8) is 0 Å². The number of rotatable bonds is 21. The van der Waals surface area contributed by atoms with Crippen molar-refractivity contribution >= 4 is 13.7 Å². The number of aliphatic hydroxyl groups excluding tert-OH is 1. The summed E-state index contributed by atoms with van der Waals surface area (Å²) in [5.41, 5.74) is 0. The third-order valence-electron chi connectivity index (χ3n) is 6.10. The minimum absolute atomic E-state index is 0.0838. The van der Waals surface area contributed by atoms with E-state index in [0.717, 1.165) is 23.9 Å². The lowest BCUT2D eigenvalue weighted by atomic mass is 10.0. The van der Waals surface area contributed by atoms with Gasteiger partial charge in [0.2, 0.25) is 5.91 Å². The summed E-state index contributed by atoms with van der Waals surface area (Å²) in [4.78, 5) is 34.8. The second-order valence-electron chi connectivity index (χ2n) is 10.1. The van der Waals surface area contributed by atoms with Gasteiger partial charge in [-0.2, -0.15) is 0 Å². The molecule has 0 radical (unpaired) electrons. The van der Waals surface area contributed by atoms with E-state index in [-0.39, 0.29) is 5.91 Å². The van der Waals surface area contributed by atoms with Crippen molar-refractivity contribution < 1.29 is 33.6 Å². The van der Waals surface area contributed by atoms with E-state index in [1.54, 1.807) is 0 Å². The summed E-state index contributed by atoms with van der Waals surface area (Å²) in [7, 11) is -0.693. The summed E-state index contributed by atoms with van der Waals surface area (Å²) in [6, 6.07) is 0. The number of unbranched alkanes of at least 4 members (excludes halogenated alkanes) is 14. The van der Waals surface area contributed by atoms with Gasteiger partial charge in [-0.05, 0) is 13.3 Å². The van der Waals surface area contributed by atoms with Crippen molar-refractivity contribution in [1.29, 1.82) is 0 Å². The molecule has 0 aromatic rings. The van der Waals surface area contributed by atoms with E-state index < -0.39 is 13.9 Å². The van der Waals surface area contributed by atoms with E-state index in [2.05, 4.69) is 33.3 Å². The summed E-state index contributed by atoms with van der Waals surface area (Å²) in [5.74, 6) is 0.0838. The van der Waals surface area contributed by atoms with Crippen LogP contribution in [0.15, 0.2) is 0 Å². The van der Waals surface area contributed by atoms with Crippen molar-refractivity contribution in [3.05, 3.63) is 0 Å². The fraction of sp³-hybridized carbons (Fsp3) is 0.960. The number of carbonyl (C=O) groups is 1. The Hall–Kier alpha value is -0.500. The minimum atomic E-state index is -4.89. The Labute approximate surface area is 209 Å². The second kappa shape index (κ2) is 22.9. The van der Waals surface area contributed by atoms with Gasteiger partial charge < -0.3 is 29.6 Å². The Bertz CT molecular complexity index is 505. The molecule has 8 nitrogen and oxygen atoms in total. The molecule has 1 amide bonds. The summed E-state index contributed by atoms with van der Waals surface area (Å²) >= 11 is 0. The fourth-order valence-corrected chi connectivity index (χ4v) is 3.74. The van der Waals surface area contributed by atoms with Crippen molar-refractivity contribution in [2.75, 3.05) is 33.7 Å². The molecular formula is C25H55N2O6P. The highest BCUT2D eigenvalue weighted by Crippen LogP contribution is 2.19. The maximum atomic E-state index is 11.9. The molecule has 1 atom stereocenters. The van der Waals surface area contributed by atoms with Crippen LogP contribution in [0, 0.1) is 0 Å². The van der Waals surface area contributed by atoms with Gasteiger partial charge in [0.1, 0.15) is 12.6 Å². The zero-order chi connectivity index (χ0) is 26.3. The van der Waals surface area contributed by atoms with Crippen LogP contribution >= 0.6 is 7.82 Å². The fourth-order valence-electron chi connectivity index (χ4n) is 3.74. The Kier molecular flexibility index (Phi) is 24.1. The second-order valence-corrected chi connectivity index (χ2v) is 11.1. The molecule has 0 rings (SSSR count). The zero-order valence-corrected chi connectivity index (χ0v) is 23.4. The van der Waals surface area contributed by atoms with Gasteiger partial charge in [0, 0.05) is 13.0 Å². The number of nitrogens with zero attached hydrogens (tertiary/aromatic N) is 1. The van der Waals surface area contributed by atoms with E-state index in [1.807, 2.05) is 0 Å². The number of carbonyl (C=O) groups excluding carboxylic acids is 1. The molecular weight excluding hydrogens is 455 g/mol. The summed E-state index contributed by atoms with van der Waals surface area (Å²) < 4.78 is 9.54. The average molecular weight is 511 g/mol. The first kappa shape index (κ1) is 35.7. The number of quaternary nitrogens is 1. The van der Waals surface area contributed by atoms with Gasteiger partial charge in [0.05, 0.1) is 20.6 Å². The lowest BCUT2D eigenvalue weighted by Gasteiger charge is -2.30. The van der Waals surface area contributed by atoms with Gasteiger partial charge in [0.15, 0.2) is 0 Å². The highest BCUT2D eigenvalue weighted by atomic mass is 31.2. The number of phosphoric acid groups is 1. The predicted octanol–water partition coefficient (Wildman–Crippen LogP) is 4.26. The molecule has 0 saturated heterocycles. The number of aliphatic hydroxyl groups is 1. The molecule has 0 fully saturated rings. The average Bonchev–Trinajstić information content (AvgIpc) is 2.73. The first-order valence-electron chi connectivity index (χ1n) is 13.4. The number of hydrogen-bond donors (Lipinski definition) is 4. The minimum Gasteiger partial charge on any atom is -0.756 e. The van der Waals surface area contributed by atoms with Crippen LogP contribution in [-0.4, -0.2) is 65.1 Å². The van der Waals surface area contributed by atoms with Gasteiger partial charge in [-0.1, -0.05) is 96.8 Å². The molecule has 0 aliphatic rings. The van der Waals surface area contributed by atoms with Crippen molar-refractivity contribution in [1.82, 2.24) is 5.32 Å². The topological polar surface area (TPSA) is 130 Å². The van der Waals surface area contributed by atoms with Gasteiger partial charge >= 0.3 is 0 Å². The largest absolute Gasteiger partial charge is 0.756 e. The molecule has 0 aromatic heterocycles. The lowest BCUT2D eigenvalue weighted by Crippen LogP contribution is -2.48. The Balaban J connectivity index is 0. The molecule has 0 bridgehead atoms. The van der Waals surface area contributed by atoms with Crippen molar-refractivity contribution in [3.8, 4) is 0 Å². The van der Waals surface area contributed by atoms with Gasteiger partial charge in [-0.3, -0.25) is 9.36 Å². The van der Waals surface area contributed by atoms with E-state index in [1.165, 1.54) is 83.5 Å². The van der Waals surface area contributed by atoms with Gasteiger partial charge in [-0.25, -0.2) is 0 Å². The molecule has 1 unspecified atom stereocenters. The van der Waals surface area contributed by atoms with Crippen LogP contribution in [0.3, 0.4) is 0 Å². The van der Waals surface area contributed by atoms with E-state index in [4.69, 9.17) is 19.2 Å². The van der Waals surface area contributed by atoms with E-state index in [0.29, 0.717) is 19.5 Å². The highest BCUT2D eigenvalue weighted by Gasteiger charge is 2.18. The van der Waals surface area contributed by atoms with Crippen LogP contribution < -0.4 is 10.2 Å². The molecule has 0 aliphatic carbocycles. The molecule has 4 N–H and O–H groups in total. The van der Waals surface area contributed by atoms with E-state index in [9.17, 15) is 9.90 Å². The maximum absolute atomic E-state index is 11.9. The maximum Gasteiger partial charge on any atom is 0.262 e. The lowest BCUT2D eigenvalue weighted by molar-refractivity contribution is -0.891. The molecule has 206 valence electrons. The normalized spacial score (nSPS) is 12.7. The predicted molar refractivity (Wildman–Crippen MR) is 138 cm³/mol. The molecule has 0 saturated carbocycles. The summed E-state index contributed by atoms with van der Waals surface area (Å²) in [6.45, 7) is 6.42. The van der Waals surface area contributed by atoms with Crippen molar-refractivity contribution in [2.45, 2.75) is 123 Å². The van der Waals surface area contributed by atoms with Gasteiger partial charge in [-0.15, -0.1) is 0 Å². The summed E-state index contributed by atoms with van der Waals surface area (Å²) in [5, 5.41) is 12.9. The molecule has 0 heterocycles. The molecule has 0 aromatic carbocycles. The SMILES string of the molecule is CCCCCCCCCCCCCCCCCC(=O)NCC(O)C[N+](C)(C)CC.O=P([O-])(O)O. The van der Waals surface area contributed by atoms with Crippen LogP contribution in [-0.2, 0) is 9.36 Å². The number of nitrogens with one attached hydrogen (secondary N) is 1. The standard InChI is InChI=1S/C25H52N2O2.H3O4P/c1-5-7-8-9-10-11-12-13-14-15-16-17-18-19-20-21-25(29)26-22-24(28)23-27(3,4)6-2;1-5(2,3)4/h24,28H,5-23H2,1-4H3;(H3,1,2,3,4). The van der Waals surface area contributed by atoms with Crippen LogP contribution in [0.5, 0.6) is 0 Å². The highest BCUT2D eigenvalue weighted by molar-refractivity contribution is 7.43.